The fourth-order valence-corrected chi connectivity index (χ4v) is 16.3. The Morgan fingerprint density at radius 2 is 0.257 bits per heavy atom. The van der Waals surface area contributed by atoms with Crippen molar-refractivity contribution in [2.45, 2.75) is 719 Å². The van der Waals surface area contributed by atoms with Gasteiger partial charge in [-0.05, 0) is 75.5 Å². The van der Waals surface area contributed by atoms with Crippen LogP contribution in [-0.4, -0.2) is 142 Å². The zero-order valence-electron chi connectivity index (χ0n) is 104. The minimum atomic E-state index is -0.424. The summed E-state index contributed by atoms with van der Waals surface area (Å²) in [4.78, 5) is 102. The van der Waals surface area contributed by atoms with E-state index in [1.165, 1.54) is 289 Å². The lowest BCUT2D eigenvalue weighted by Gasteiger charge is -2.12. The van der Waals surface area contributed by atoms with Crippen LogP contribution in [0.15, 0.2) is 0 Å². The van der Waals surface area contributed by atoms with Crippen LogP contribution in [0.5, 0.6) is 0 Å². The van der Waals surface area contributed by atoms with Crippen molar-refractivity contribution < 1.29 is 84.0 Å². The van der Waals surface area contributed by atoms with Crippen LogP contribution in [0.25, 0.3) is 0 Å². The number of carbonyl (C=O) groups excluding carboxylic acids is 9. The van der Waals surface area contributed by atoms with E-state index < -0.39 is 48.8 Å². The highest BCUT2D eigenvalue weighted by atomic mass is 16.3. The molecule has 0 aliphatic heterocycles. The molecule has 0 aromatic carbocycles. The van der Waals surface area contributed by atoms with Crippen molar-refractivity contribution in [3.05, 3.63) is 0 Å². The van der Waals surface area contributed by atoms with Gasteiger partial charge in [0.05, 0.1) is 48.8 Å². The molecular weight excluding hydrogens is 1850 g/mol. The predicted octanol–water partition coefficient (Wildman–Crippen LogP) is 36.0. The van der Waals surface area contributed by atoms with E-state index in [0.29, 0.717) is 57.1 Å². The summed E-state index contributed by atoms with van der Waals surface area (Å²) in [5.74, 6) is 4.81. The van der Waals surface area contributed by atoms with Crippen LogP contribution in [-0.2, 0) is 43.2 Å². The number of carbonyl (C=O) groups is 9. The quantitative estimate of drug-likeness (QED) is 0.0262. The van der Waals surface area contributed by atoms with E-state index in [1.54, 1.807) is 0 Å². The molecule has 0 aliphatic carbocycles. The third kappa shape index (κ3) is 137. The van der Waals surface area contributed by atoms with Crippen LogP contribution in [0.1, 0.15) is 670 Å². The predicted molar refractivity (Wildman–Crippen MR) is 638 cm³/mol. The van der Waals surface area contributed by atoms with Crippen LogP contribution in [0.2, 0.25) is 0 Å². The first kappa shape index (κ1) is 162. The molecular formula is C131H262O17. The first-order chi connectivity index (χ1) is 69.9. The SMILES string of the molecule is CC(C)CCCCC(O)CC(=O)C(C)C.CC(C)CCCCCC(O)CC(=O)C(C)C.CCC(C)CCCCC(O)CC(=O)C(C)C.CCCCCCCC(O)CC(=O)C(C)C.CCCCCCCCCC(O)CC(=O)C(C)C.CCCCCCCCCC(O)CC(=O)C(C)C.CCCCCCCCCCCC(O)CC(=O)C(C)C.CCCCCCCCCCCCCC(=O)C(C)C.CCCCCCC[C@@H](O)CC(=O)C(C)C. The zero-order valence-corrected chi connectivity index (χ0v) is 104. The van der Waals surface area contributed by atoms with Gasteiger partial charge in [0.15, 0.2) is 0 Å². The molecule has 8 unspecified atom stereocenters. The third-order valence-corrected chi connectivity index (χ3v) is 28.1. The van der Waals surface area contributed by atoms with Gasteiger partial charge < -0.3 is 40.9 Å². The molecule has 0 saturated heterocycles. The van der Waals surface area contributed by atoms with Gasteiger partial charge in [0.25, 0.3) is 0 Å². The molecule has 0 aromatic rings. The Morgan fingerprint density at radius 3 is 0.399 bits per heavy atom. The van der Waals surface area contributed by atoms with Crippen LogP contribution in [0.4, 0.5) is 0 Å². The minimum absolute atomic E-state index is 0.0507. The summed E-state index contributed by atoms with van der Waals surface area (Å²) in [7, 11) is 0. The molecule has 8 N–H and O–H groups in total. The molecule has 0 rings (SSSR count). The minimum Gasteiger partial charge on any atom is -0.393 e. The Bertz CT molecular complexity index is 2740. The Balaban J connectivity index is -0.000000210. The molecule has 0 spiro atoms. The molecule has 0 bridgehead atoms. The lowest BCUT2D eigenvalue weighted by Crippen LogP contribution is -2.17. The van der Waals surface area contributed by atoms with E-state index >= 15 is 0 Å². The Hall–Kier alpha value is -3.29. The largest absolute Gasteiger partial charge is 0.393 e. The maximum absolute atomic E-state index is 11.5. The molecule has 17 nitrogen and oxygen atoms in total. The molecule has 0 heterocycles. The normalized spacial score (nSPS) is 13.1. The summed E-state index contributed by atoms with van der Waals surface area (Å²) in [5, 5.41) is 77.3. The van der Waals surface area contributed by atoms with Gasteiger partial charge >= 0.3 is 0 Å². The average Bonchev–Trinajstić information content (AvgIpc) is 1.00. The maximum atomic E-state index is 11.5. The fourth-order valence-electron chi connectivity index (χ4n) is 16.3. The number of hydrogen-bond acceptors (Lipinski definition) is 17. The highest BCUT2D eigenvalue weighted by molar-refractivity contribution is 5.84. The maximum Gasteiger partial charge on any atom is 0.137 e. The Kier molecular flexibility index (Phi) is 132. The van der Waals surface area contributed by atoms with Crippen LogP contribution in [0.3, 0.4) is 0 Å². The smallest absolute Gasteiger partial charge is 0.137 e. The molecule has 0 fully saturated rings. The van der Waals surface area contributed by atoms with Crippen molar-refractivity contribution in [3.8, 4) is 0 Å². The number of ketones is 9. The van der Waals surface area contributed by atoms with Gasteiger partial charge in [0.1, 0.15) is 52.0 Å². The highest BCUT2D eigenvalue weighted by Gasteiger charge is 2.22. The van der Waals surface area contributed by atoms with Gasteiger partial charge in [0.2, 0.25) is 0 Å². The summed E-state index contributed by atoms with van der Waals surface area (Å²) in [6, 6.07) is 0. The van der Waals surface area contributed by atoms with Gasteiger partial charge in [-0.3, -0.25) is 43.2 Å². The van der Waals surface area contributed by atoms with Gasteiger partial charge in [-0.15, -0.1) is 0 Å². The lowest BCUT2D eigenvalue weighted by molar-refractivity contribution is -0.124. The van der Waals surface area contributed by atoms with Crippen molar-refractivity contribution in [3.63, 3.8) is 0 Å². The average molecular weight is 2110 g/mol. The molecule has 888 valence electrons. The molecule has 0 radical (unpaired) electrons. The molecule has 17 heteroatoms. The third-order valence-electron chi connectivity index (χ3n) is 28.1. The second-order valence-corrected chi connectivity index (χ2v) is 48.1. The first-order valence-corrected chi connectivity index (χ1v) is 63.1. The van der Waals surface area contributed by atoms with E-state index in [2.05, 4.69) is 83.1 Å². The van der Waals surface area contributed by atoms with Gasteiger partial charge in [-0.1, -0.05) is 554 Å². The van der Waals surface area contributed by atoms with E-state index in [0.717, 1.165) is 140 Å². The highest BCUT2D eigenvalue weighted by Crippen LogP contribution is 2.24. The number of aliphatic hydroxyl groups excluding tert-OH is 8. The number of Topliss-reactive ketones (excluding diaryl/α,β-unsaturated/α-hetero) is 9. The van der Waals surface area contributed by atoms with Crippen molar-refractivity contribution in [2.24, 2.45) is 71.0 Å². The van der Waals surface area contributed by atoms with Gasteiger partial charge in [0, 0.05) is 111 Å². The number of unbranched alkanes of at least 4 members (excludes halogenated alkanes) is 42. The zero-order chi connectivity index (χ0) is 115. The number of rotatable bonds is 92. The second kappa shape index (κ2) is 121. The van der Waals surface area contributed by atoms with Crippen molar-refractivity contribution in [1.82, 2.24) is 0 Å². The molecule has 148 heavy (non-hydrogen) atoms. The monoisotopic (exact) mass is 2110 g/mol. The Labute approximate surface area is 920 Å². The van der Waals surface area contributed by atoms with Gasteiger partial charge in [-0.2, -0.15) is 0 Å². The molecule has 9 atom stereocenters. The number of aliphatic hydroxyl groups is 8. The molecule has 0 saturated carbocycles. The Morgan fingerprint density at radius 1 is 0.142 bits per heavy atom. The standard InChI is InChI=1S/C17H34O2.C17H34O.2C15H30O2.2C14H28O2.3C13H26O2/c1-4-5-6-7-8-9-10-11-12-13-16(18)14-17(19)15(2)3;1-4-5-6-7-8-9-10-11-12-13-14-15-17(18)16(2)3;2*1-4-5-6-7-8-9-10-11-14(16)12-15(17)13(2)3;1-11(2)8-6-5-7-9-13(15)10-14(16)12(3)4;1-5-12(4)8-6-7-9-13(15)10-14(16)11(2)3;1-10(2)7-5-6-8-12(14)9-13(15)11(3)4;2*1-4-5-6-7-8-9-12(14)10-13(15)11(2)3/h15-16,18H,4-14H2,1-3H3;16H,4-15H2,1-3H3;2*13-14,16H,4-12H2,1-3H3;2*11-13,15H,5-10H2,1-4H3;10-12,14H,5-9H2,1-4H3;2*11-12,14H,4-10H2,1-3H3/t;;;;;;;12-;/m.......1./s1. The van der Waals surface area contributed by atoms with E-state index in [-0.39, 0.29) is 99.5 Å². The van der Waals surface area contributed by atoms with Crippen LogP contribution < -0.4 is 0 Å². The summed E-state index contributed by atoms with van der Waals surface area (Å²) in [6.07, 6.45) is 75.3. The lowest BCUT2D eigenvalue weighted by atomic mass is 9.97. The summed E-state index contributed by atoms with van der Waals surface area (Å²) in [6.45, 7) is 60.9. The van der Waals surface area contributed by atoms with E-state index in [9.17, 15) is 84.0 Å². The van der Waals surface area contributed by atoms with E-state index in [1.807, 2.05) is 125 Å². The molecule has 0 amide bonds. The summed E-state index contributed by atoms with van der Waals surface area (Å²) >= 11 is 0. The fraction of sp³-hybridized carbons (Fsp3) is 0.931. The second-order valence-electron chi connectivity index (χ2n) is 48.1. The van der Waals surface area contributed by atoms with Crippen LogP contribution in [0, 0.1) is 71.0 Å². The van der Waals surface area contributed by atoms with Gasteiger partial charge in [-0.25, -0.2) is 0 Å². The number of hydrogen-bond donors (Lipinski definition) is 8. The first-order valence-electron chi connectivity index (χ1n) is 63.1. The van der Waals surface area contributed by atoms with Crippen molar-refractivity contribution in [1.29, 1.82) is 0 Å². The molecule has 0 aromatic heterocycles. The van der Waals surface area contributed by atoms with Crippen LogP contribution >= 0.6 is 0 Å². The molecule has 0 aliphatic rings. The van der Waals surface area contributed by atoms with E-state index in [4.69, 9.17) is 0 Å². The summed E-state index contributed by atoms with van der Waals surface area (Å²) in [5.41, 5.74) is 0. The van der Waals surface area contributed by atoms with Crippen molar-refractivity contribution >= 4 is 52.0 Å². The summed E-state index contributed by atoms with van der Waals surface area (Å²) < 4.78 is 0. The van der Waals surface area contributed by atoms with Crippen molar-refractivity contribution in [2.75, 3.05) is 0 Å². The topological polar surface area (TPSA) is 315 Å².